The molecule has 1 aromatic heterocycles. The summed E-state index contributed by atoms with van der Waals surface area (Å²) in [4.78, 5) is 3.92. The van der Waals surface area contributed by atoms with Gasteiger partial charge < -0.3 is 4.57 Å². The molecule has 0 saturated carbocycles. The average molecular weight is 324 g/mol. The Morgan fingerprint density at radius 3 is 2.68 bits per heavy atom. The fourth-order valence-electron chi connectivity index (χ4n) is 1.93. The number of hydrogen-bond donors (Lipinski definition) is 0. The van der Waals surface area contributed by atoms with E-state index in [1.54, 1.807) is 18.8 Å². The van der Waals surface area contributed by atoms with Crippen molar-refractivity contribution in [2.24, 2.45) is 7.05 Å². The second-order valence-corrected chi connectivity index (χ2v) is 9.23. The maximum Gasteiger partial charge on any atom is 0.263 e. The molecule has 1 aliphatic rings. The molecule has 19 heavy (non-hydrogen) atoms. The summed E-state index contributed by atoms with van der Waals surface area (Å²) < 4.78 is 28.2. The first-order valence-corrected chi connectivity index (χ1v) is 8.85. The van der Waals surface area contributed by atoms with Crippen molar-refractivity contribution < 1.29 is 8.42 Å². The highest BCUT2D eigenvalue weighted by molar-refractivity contribution is 8.00. The Morgan fingerprint density at radius 1 is 1.42 bits per heavy atom. The minimum atomic E-state index is -3.59. The Bertz CT molecular complexity index is 568. The Balaban J connectivity index is 2.28. The molecular weight excluding hydrogens is 306 g/mol. The Morgan fingerprint density at radius 2 is 2.11 bits per heavy atom. The summed E-state index contributed by atoms with van der Waals surface area (Å²) in [5.74, 6) is 0.788. The van der Waals surface area contributed by atoms with Gasteiger partial charge in [-0.3, -0.25) is 0 Å². The van der Waals surface area contributed by atoms with E-state index in [2.05, 4.69) is 18.8 Å². The lowest BCUT2D eigenvalue weighted by Gasteiger charge is -2.22. The zero-order chi connectivity index (χ0) is 14.3. The molecule has 0 radical (unpaired) electrons. The van der Waals surface area contributed by atoms with E-state index in [9.17, 15) is 8.42 Å². The molecule has 1 saturated heterocycles. The molecule has 0 bridgehead atoms. The molecule has 8 heteroatoms. The molecule has 5 nitrogen and oxygen atoms in total. The quantitative estimate of drug-likeness (QED) is 0.835. The maximum atomic E-state index is 12.5. The number of aryl methyl sites for hydroxylation is 1. The molecule has 0 atom stereocenters. The third-order valence-electron chi connectivity index (χ3n) is 3.22. The van der Waals surface area contributed by atoms with Crippen LogP contribution in [0, 0.1) is 0 Å². The van der Waals surface area contributed by atoms with Crippen LogP contribution in [-0.2, 0) is 17.1 Å². The summed E-state index contributed by atoms with van der Waals surface area (Å²) in [5.41, 5.74) is 0. The summed E-state index contributed by atoms with van der Waals surface area (Å²) in [6.45, 7) is 5.29. The van der Waals surface area contributed by atoms with Crippen molar-refractivity contribution in [3.8, 4) is 0 Å². The molecule has 1 aliphatic heterocycles. The molecule has 1 aromatic rings. The van der Waals surface area contributed by atoms with Gasteiger partial charge in [0.1, 0.15) is 5.15 Å². The molecule has 1 fully saturated rings. The van der Waals surface area contributed by atoms with Crippen LogP contribution < -0.4 is 0 Å². The van der Waals surface area contributed by atoms with Crippen LogP contribution >= 0.6 is 23.4 Å². The van der Waals surface area contributed by atoms with Crippen LogP contribution in [0.3, 0.4) is 0 Å². The van der Waals surface area contributed by atoms with Gasteiger partial charge in [0.2, 0.25) is 5.03 Å². The maximum absolute atomic E-state index is 12.5. The molecule has 0 N–H and O–H groups in total. The number of aromatic nitrogens is 2. The first-order chi connectivity index (χ1) is 8.74. The van der Waals surface area contributed by atoms with Crippen LogP contribution in [-0.4, -0.2) is 45.9 Å². The number of nitrogens with zero attached hydrogens (tertiary/aromatic N) is 3. The van der Waals surface area contributed by atoms with Crippen molar-refractivity contribution >= 4 is 33.4 Å². The van der Waals surface area contributed by atoms with Crippen LogP contribution in [0.25, 0.3) is 0 Å². The second-order valence-electron chi connectivity index (χ2n) is 5.21. The normalized spacial score (nSPS) is 21.3. The monoisotopic (exact) mass is 323 g/mol. The number of halogens is 1. The molecule has 2 rings (SSSR count). The number of rotatable bonds is 2. The Labute approximate surface area is 123 Å². The van der Waals surface area contributed by atoms with E-state index in [0.29, 0.717) is 13.1 Å². The summed E-state index contributed by atoms with van der Waals surface area (Å²) in [5, 5.41) is 0.123. The van der Waals surface area contributed by atoms with Gasteiger partial charge in [0.25, 0.3) is 10.0 Å². The third kappa shape index (κ3) is 3.09. The van der Waals surface area contributed by atoms with E-state index in [1.807, 2.05) is 0 Å². The Hall–Kier alpha value is -0.240. The van der Waals surface area contributed by atoms with Crippen molar-refractivity contribution in [3.63, 3.8) is 0 Å². The van der Waals surface area contributed by atoms with Crippen LogP contribution in [0.15, 0.2) is 11.4 Å². The second kappa shape index (κ2) is 5.27. The lowest BCUT2D eigenvalue weighted by Crippen LogP contribution is -2.34. The fourth-order valence-corrected chi connectivity index (χ4v) is 4.98. The molecule has 2 heterocycles. The zero-order valence-electron chi connectivity index (χ0n) is 11.3. The van der Waals surface area contributed by atoms with Crippen LogP contribution in [0.5, 0.6) is 0 Å². The molecule has 0 aromatic carbocycles. The summed E-state index contributed by atoms with van der Waals surface area (Å²) >= 11 is 7.80. The van der Waals surface area contributed by atoms with Crippen LogP contribution in [0.4, 0.5) is 0 Å². The minimum Gasteiger partial charge on any atom is -0.324 e. The molecular formula is C11H18ClN3O2S2. The molecule has 0 unspecified atom stereocenters. The minimum absolute atomic E-state index is 0.0404. The number of hydrogen-bond acceptors (Lipinski definition) is 4. The van der Waals surface area contributed by atoms with Gasteiger partial charge in [-0.25, -0.2) is 13.4 Å². The summed E-state index contributed by atoms with van der Waals surface area (Å²) in [6.07, 6.45) is 2.24. The van der Waals surface area contributed by atoms with E-state index in [4.69, 9.17) is 11.6 Å². The van der Waals surface area contributed by atoms with E-state index in [0.717, 1.165) is 12.2 Å². The number of sulfonamides is 1. The summed E-state index contributed by atoms with van der Waals surface area (Å²) in [7, 11) is -1.91. The van der Waals surface area contributed by atoms with Gasteiger partial charge in [-0.2, -0.15) is 16.1 Å². The molecule has 0 aliphatic carbocycles. The van der Waals surface area contributed by atoms with Gasteiger partial charge in [0.05, 0.1) is 6.33 Å². The zero-order valence-corrected chi connectivity index (χ0v) is 13.6. The van der Waals surface area contributed by atoms with Gasteiger partial charge in [0.15, 0.2) is 0 Å². The predicted octanol–water partition coefficient (Wildman–Crippen LogP) is 1.98. The van der Waals surface area contributed by atoms with Gasteiger partial charge >= 0.3 is 0 Å². The number of thioether (sulfide) groups is 1. The van der Waals surface area contributed by atoms with E-state index < -0.39 is 10.0 Å². The third-order valence-corrected chi connectivity index (χ3v) is 6.98. The van der Waals surface area contributed by atoms with Crippen LogP contribution in [0.2, 0.25) is 5.15 Å². The standard InChI is InChI=1S/C11H18ClN3O2S2/c1-11(2)4-5-15(6-7-18-11)19(16,17)10-9(12)14(3)8-13-10/h8H,4-7H2,1-3H3. The molecule has 0 amide bonds. The van der Waals surface area contributed by atoms with Crippen molar-refractivity contribution in [1.29, 1.82) is 0 Å². The Kier molecular flexibility index (Phi) is 4.21. The largest absolute Gasteiger partial charge is 0.324 e. The summed E-state index contributed by atoms with van der Waals surface area (Å²) in [6, 6.07) is 0. The van der Waals surface area contributed by atoms with E-state index in [-0.39, 0.29) is 14.9 Å². The van der Waals surface area contributed by atoms with E-state index in [1.165, 1.54) is 15.2 Å². The highest BCUT2D eigenvalue weighted by atomic mass is 35.5. The van der Waals surface area contributed by atoms with E-state index >= 15 is 0 Å². The lowest BCUT2D eigenvalue weighted by molar-refractivity contribution is 0.414. The highest BCUT2D eigenvalue weighted by Crippen LogP contribution is 2.33. The predicted molar refractivity (Wildman–Crippen MR) is 78.1 cm³/mol. The fraction of sp³-hybridized carbons (Fsp3) is 0.727. The van der Waals surface area contributed by atoms with Gasteiger partial charge in [0, 0.05) is 30.6 Å². The van der Waals surface area contributed by atoms with Crippen molar-refractivity contribution in [1.82, 2.24) is 13.9 Å². The SMILES string of the molecule is Cn1cnc(S(=O)(=O)N2CCSC(C)(C)CC2)c1Cl. The van der Waals surface area contributed by atoms with Crippen molar-refractivity contribution in [3.05, 3.63) is 11.5 Å². The first-order valence-electron chi connectivity index (χ1n) is 6.05. The van der Waals surface area contributed by atoms with Crippen molar-refractivity contribution in [2.45, 2.75) is 30.0 Å². The highest BCUT2D eigenvalue weighted by Gasteiger charge is 2.33. The lowest BCUT2D eigenvalue weighted by atomic mass is 10.1. The molecule has 0 spiro atoms. The molecule has 108 valence electrons. The number of imidazole rings is 1. The van der Waals surface area contributed by atoms with Crippen LogP contribution in [0.1, 0.15) is 20.3 Å². The van der Waals surface area contributed by atoms with Crippen molar-refractivity contribution in [2.75, 3.05) is 18.8 Å². The van der Waals surface area contributed by atoms with Gasteiger partial charge in [-0.05, 0) is 6.42 Å². The smallest absolute Gasteiger partial charge is 0.263 e. The van der Waals surface area contributed by atoms with Gasteiger partial charge in [-0.15, -0.1) is 0 Å². The first kappa shape index (κ1) is 15.2. The van der Waals surface area contributed by atoms with Gasteiger partial charge in [-0.1, -0.05) is 25.4 Å². The average Bonchev–Trinajstić information content (AvgIpc) is 2.54. The topological polar surface area (TPSA) is 55.2 Å².